The molecule has 1 rings (SSSR count). The van der Waals surface area contributed by atoms with Crippen LogP contribution in [0, 0.1) is 5.92 Å². The SMILES string of the molecule is COCC(O)CN(C)C(=O)C(C)Cc1ccccc1Cl. The van der Waals surface area contributed by atoms with Crippen LogP contribution in [-0.4, -0.2) is 49.3 Å². The summed E-state index contributed by atoms with van der Waals surface area (Å²) >= 11 is 6.10. The monoisotopic (exact) mass is 299 g/mol. The molecule has 2 unspecified atom stereocenters. The molecule has 20 heavy (non-hydrogen) atoms. The zero-order valence-electron chi connectivity index (χ0n) is 12.2. The molecule has 5 heteroatoms. The number of halogens is 1. The first-order valence-corrected chi connectivity index (χ1v) is 6.98. The number of aliphatic hydroxyl groups excluding tert-OH is 1. The lowest BCUT2D eigenvalue weighted by atomic mass is 10.00. The number of aliphatic hydroxyl groups is 1. The highest BCUT2D eigenvalue weighted by Gasteiger charge is 2.20. The number of benzene rings is 1. The Balaban J connectivity index is 2.56. The maximum Gasteiger partial charge on any atom is 0.225 e. The molecule has 0 saturated heterocycles. The number of hydrogen-bond acceptors (Lipinski definition) is 3. The summed E-state index contributed by atoms with van der Waals surface area (Å²) in [5, 5.41) is 10.3. The predicted molar refractivity (Wildman–Crippen MR) is 79.8 cm³/mol. The van der Waals surface area contributed by atoms with E-state index < -0.39 is 6.10 Å². The van der Waals surface area contributed by atoms with Crippen molar-refractivity contribution in [2.75, 3.05) is 27.3 Å². The summed E-state index contributed by atoms with van der Waals surface area (Å²) in [6, 6.07) is 7.52. The first-order valence-electron chi connectivity index (χ1n) is 6.61. The molecular weight excluding hydrogens is 278 g/mol. The van der Waals surface area contributed by atoms with E-state index in [1.165, 1.54) is 12.0 Å². The maximum atomic E-state index is 12.2. The van der Waals surface area contributed by atoms with E-state index in [9.17, 15) is 9.90 Å². The molecule has 0 bridgehead atoms. The molecule has 0 saturated carbocycles. The van der Waals surface area contributed by atoms with Crippen LogP contribution in [0.15, 0.2) is 24.3 Å². The molecule has 0 aromatic heterocycles. The number of carbonyl (C=O) groups is 1. The Morgan fingerprint density at radius 2 is 2.10 bits per heavy atom. The Kier molecular flexibility index (Phi) is 6.99. The highest BCUT2D eigenvalue weighted by molar-refractivity contribution is 6.31. The van der Waals surface area contributed by atoms with E-state index in [0.717, 1.165) is 5.56 Å². The fourth-order valence-corrected chi connectivity index (χ4v) is 2.32. The first kappa shape index (κ1) is 17.0. The van der Waals surface area contributed by atoms with Crippen molar-refractivity contribution in [1.29, 1.82) is 0 Å². The van der Waals surface area contributed by atoms with Gasteiger partial charge >= 0.3 is 0 Å². The summed E-state index contributed by atoms with van der Waals surface area (Å²) in [6.07, 6.45) is -0.0788. The van der Waals surface area contributed by atoms with E-state index in [4.69, 9.17) is 16.3 Å². The largest absolute Gasteiger partial charge is 0.389 e. The zero-order valence-corrected chi connectivity index (χ0v) is 12.9. The van der Waals surface area contributed by atoms with Crippen molar-refractivity contribution in [3.05, 3.63) is 34.9 Å². The van der Waals surface area contributed by atoms with Crippen LogP contribution in [0.1, 0.15) is 12.5 Å². The van der Waals surface area contributed by atoms with Crippen LogP contribution in [0.2, 0.25) is 5.02 Å². The van der Waals surface area contributed by atoms with Crippen molar-refractivity contribution in [2.45, 2.75) is 19.4 Å². The minimum absolute atomic E-state index is 0.0138. The zero-order chi connectivity index (χ0) is 15.1. The lowest BCUT2D eigenvalue weighted by molar-refractivity contribution is -0.135. The number of ether oxygens (including phenoxy) is 1. The standard InChI is InChI=1S/C15H22ClNO3/c1-11(8-12-6-4-5-7-14(12)16)15(19)17(2)9-13(18)10-20-3/h4-7,11,13,18H,8-10H2,1-3H3. The molecule has 1 N–H and O–H groups in total. The molecule has 112 valence electrons. The number of nitrogens with zero attached hydrogens (tertiary/aromatic N) is 1. The van der Waals surface area contributed by atoms with Crippen LogP contribution in [0.25, 0.3) is 0 Å². The average molecular weight is 300 g/mol. The van der Waals surface area contributed by atoms with Crippen LogP contribution in [0.3, 0.4) is 0 Å². The average Bonchev–Trinajstić information content (AvgIpc) is 2.40. The molecule has 0 aliphatic rings. The van der Waals surface area contributed by atoms with Gasteiger partial charge < -0.3 is 14.7 Å². The molecule has 2 atom stereocenters. The van der Waals surface area contributed by atoms with Gasteiger partial charge in [-0.25, -0.2) is 0 Å². The van der Waals surface area contributed by atoms with Gasteiger partial charge in [0.25, 0.3) is 0 Å². The Morgan fingerprint density at radius 3 is 2.70 bits per heavy atom. The fourth-order valence-electron chi connectivity index (χ4n) is 2.11. The molecular formula is C15H22ClNO3. The minimum atomic E-state index is -0.665. The molecule has 1 aromatic rings. The van der Waals surface area contributed by atoms with Gasteiger partial charge in [0.15, 0.2) is 0 Å². The van der Waals surface area contributed by atoms with E-state index in [-0.39, 0.29) is 25.0 Å². The second-order valence-corrected chi connectivity index (χ2v) is 5.43. The van der Waals surface area contributed by atoms with Gasteiger partial charge in [-0.15, -0.1) is 0 Å². The minimum Gasteiger partial charge on any atom is -0.389 e. The summed E-state index contributed by atoms with van der Waals surface area (Å²) in [5.74, 6) is -0.199. The van der Waals surface area contributed by atoms with Gasteiger partial charge in [-0.3, -0.25) is 4.79 Å². The molecule has 0 aliphatic carbocycles. The number of likely N-dealkylation sites (N-methyl/N-ethyl adjacent to an activating group) is 1. The van der Waals surface area contributed by atoms with E-state index >= 15 is 0 Å². The van der Waals surface area contributed by atoms with Crippen LogP contribution >= 0.6 is 11.6 Å². The third-order valence-electron chi connectivity index (χ3n) is 3.13. The number of carbonyl (C=O) groups excluding carboxylic acids is 1. The maximum absolute atomic E-state index is 12.2. The number of methoxy groups -OCH3 is 1. The number of amides is 1. The van der Waals surface area contributed by atoms with E-state index in [2.05, 4.69) is 0 Å². The van der Waals surface area contributed by atoms with E-state index in [1.54, 1.807) is 7.05 Å². The molecule has 0 aliphatic heterocycles. The van der Waals surface area contributed by atoms with Gasteiger partial charge in [-0.2, -0.15) is 0 Å². The van der Waals surface area contributed by atoms with Crippen LogP contribution in [0.5, 0.6) is 0 Å². The summed E-state index contributed by atoms with van der Waals surface area (Å²) < 4.78 is 4.85. The third-order valence-corrected chi connectivity index (χ3v) is 3.49. The number of hydrogen-bond donors (Lipinski definition) is 1. The van der Waals surface area contributed by atoms with Crippen molar-refractivity contribution in [3.8, 4) is 0 Å². The molecule has 4 nitrogen and oxygen atoms in total. The van der Waals surface area contributed by atoms with Gasteiger partial charge in [0.1, 0.15) is 0 Å². The molecule has 1 amide bonds. The van der Waals surface area contributed by atoms with E-state index in [1.807, 2.05) is 31.2 Å². The van der Waals surface area contributed by atoms with Crippen LogP contribution < -0.4 is 0 Å². The Labute approximate surface area is 125 Å². The van der Waals surface area contributed by atoms with Crippen molar-refractivity contribution in [1.82, 2.24) is 4.90 Å². The second kappa shape index (κ2) is 8.25. The summed E-state index contributed by atoms with van der Waals surface area (Å²) in [4.78, 5) is 13.8. The van der Waals surface area contributed by atoms with Gasteiger partial charge in [0.2, 0.25) is 5.91 Å². The molecule has 0 heterocycles. The van der Waals surface area contributed by atoms with Crippen molar-refractivity contribution in [2.24, 2.45) is 5.92 Å². The van der Waals surface area contributed by atoms with Crippen molar-refractivity contribution < 1.29 is 14.6 Å². The Hall–Kier alpha value is -1.10. The van der Waals surface area contributed by atoms with Gasteiger partial charge in [-0.05, 0) is 18.1 Å². The van der Waals surface area contributed by atoms with Gasteiger partial charge in [0, 0.05) is 31.6 Å². The lowest BCUT2D eigenvalue weighted by Gasteiger charge is -2.24. The van der Waals surface area contributed by atoms with Gasteiger partial charge in [-0.1, -0.05) is 36.7 Å². The molecule has 0 fully saturated rings. The van der Waals surface area contributed by atoms with Gasteiger partial charge in [0.05, 0.1) is 12.7 Å². The molecule has 0 spiro atoms. The van der Waals surface area contributed by atoms with Crippen LogP contribution in [-0.2, 0) is 16.0 Å². The summed E-state index contributed by atoms with van der Waals surface area (Å²) in [5.41, 5.74) is 0.959. The molecule has 1 aromatic carbocycles. The molecule has 0 radical (unpaired) electrons. The smallest absolute Gasteiger partial charge is 0.225 e. The normalized spacial score (nSPS) is 13.8. The predicted octanol–water partition coefficient (Wildman–Crippen LogP) is 1.98. The Bertz CT molecular complexity index is 439. The summed E-state index contributed by atoms with van der Waals surface area (Å²) in [6.45, 7) is 2.35. The van der Waals surface area contributed by atoms with E-state index in [0.29, 0.717) is 11.4 Å². The quantitative estimate of drug-likeness (QED) is 0.837. The van der Waals surface area contributed by atoms with Crippen molar-refractivity contribution >= 4 is 17.5 Å². The fraction of sp³-hybridized carbons (Fsp3) is 0.533. The first-order chi connectivity index (χ1) is 9.45. The summed E-state index contributed by atoms with van der Waals surface area (Å²) in [7, 11) is 3.20. The number of rotatable bonds is 7. The van der Waals surface area contributed by atoms with Crippen LogP contribution in [0.4, 0.5) is 0 Å². The highest BCUT2D eigenvalue weighted by atomic mass is 35.5. The highest BCUT2D eigenvalue weighted by Crippen LogP contribution is 2.19. The topological polar surface area (TPSA) is 49.8 Å². The van der Waals surface area contributed by atoms with Crippen molar-refractivity contribution in [3.63, 3.8) is 0 Å². The lowest BCUT2D eigenvalue weighted by Crippen LogP contribution is -2.39. The Morgan fingerprint density at radius 1 is 1.45 bits per heavy atom. The second-order valence-electron chi connectivity index (χ2n) is 5.02. The third kappa shape index (κ3) is 5.12.